The van der Waals surface area contributed by atoms with Gasteiger partial charge in [-0.05, 0) is 30.7 Å². The van der Waals surface area contributed by atoms with Crippen molar-refractivity contribution in [2.24, 2.45) is 0 Å². The van der Waals surface area contributed by atoms with E-state index in [-0.39, 0.29) is 5.56 Å². The second-order valence-electron chi connectivity index (χ2n) is 4.74. The van der Waals surface area contributed by atoms with Crippen molar-refractivity contribution < 1.29 is 4.74 Å². The Labute approximate surface area is 120 Å². The summed E-state index contributed by atoms with van der Waals surface area (Å²) in [6.07, 6.45) is 0. The summed E-state index contributed by atoms with van der Waals surface area (Å²) in [5.41, 5.74) is 0.948. The molecule has 3 aromatic rings. The number of rotatable bonds is 2. The van der Waals surface area contributed by atoms with Crippen molar-refractivity contribution in [3.8, 4) is 11.4 Å². The van der Waals surface area contributed by atoms with E-state index >= 15 is 0 Å². The Hall–Kier alpha value is -2.82. The fraction of sp³-hybridized carbons (Fsp3) is 0.125. The van der Waals surface area contributed by atoms with Crippen LogP contribution >= 0.6 is 0 Å². The summed E-state index contributed by atoms with van der Waals surface area (Å²) in [5.74, 6) is 0.470. The number of para-hydroxylation sites is 2. The largest absolute Gasteiger partial charge is 0.495 e. The number of nitrogens with one attached hydrogen (secondary N) is 1. The number of nitrogens with zero attached hydrogens (tertiary/aromatic N) is 1. The molecule has 0 aliphatic carbocycles. The van der Waals surface area contributed by atoms with Gasteiger partial charge in [0.25, 0.3) is 5.56 Å². The maximum absolute atomic E-state index is 12.7. The van der Waals surface area contributed by atoms with Crippen LogP contribution in [-0.2, 0) is 0 Å². The van der Waals surface area contributed by atoms with E-state index in [2.05, 4.69) is 4.98 Å². The van der Waals surface area contributed by atoms with Crippen LogP contribution in [0.3, 0.4) is 0 Å². The molecular weight excluding hydrogens is 268 g/mol. The molecule has 0 saturated carbocycles. The summed E-state index contributed by atoms with van der Waals surface area (Å²) in [4.78, 5) is 27.8. The second-order valence-corrected chi connectivity index (χ2v) is 4.74. The Balaban J connectivity index is 2.47. The zero-order chi connectivity index (χ0) is 15.0. The molecule has 21 heavy (non-hydrogen) atoms. The molecule has 3 rings (SSSR count). The van der Waals surface area contributed by atoms with Gasteiger partial charge in [0.05, 0.1) is 23.7 Å². The summed E-state index contributed by atoms with van der Waals surface area (Å²) >= 11 is 0. The Morgan fingerprint density at radius 1 is 1.05 bits per heavy atom. The predicted molar refractivity (Wildman–Crippen MR) is 81.5 cm³/mol. The standard InChI is InChI=1S/C16H14N2O3/c1-10-6-5-7-11-14(10)15(19)18(16(20)17-11)12-8-3-4-9-13(12)21-2/h3-9H,1-2H3,(H,17,20). The number of aryl methyl sites for hydroxylation is 1. The molecule has 1 aromatic heterocycles. The lowest BCUT2D eigenvalue weighted by molar-refractivity contribution is 0.412. The number of hydrogen-bond donors (Lipinski definition) is 1. The van der Waals surface area contributed by atoms with Gasteiger partial charge in [0.2, 0.25) is 0 Å². The first kappa shape index (κ1) is 13.2. The minimum absolute atomic E-state index is 0.351. The number of aromatic nitrogens is 2. The van der Waals surface area contributed by atoms with E-state index in [0.29, 0.717) is 22.3 Å². The Morgan fingerprint density at radius 3 is 2.57 bits per heavy atom. The molecule has 0 spiro atoms. The number of methoxy groups -OCH3 is 1. The zero-order valence-corrected chi connectivity index (χ0v) is 11.7. The molecule has 0 fully saturated rings. The lowest BCUT2D eigenvalue weighted by Crippen LogP contribution is -2.34. The van der Waals surface area contributed by atoms with Crippen molar-refractivity contribution in [2.45, 2.75) is 6.92 Å². The van der Waals surface area contributed by atoms with Gasteiger partial charge in [0.1, 0.15) is 5.75 Å². The maximum atomic E-state index is 12.7. The maximum Gasteiger partial charge on any atom is 0.333 e. The highest BCUT2D eigenvalue weighted by molar-refractivity contribution is 5.81. The van der Waals surface area contributed by atoms with Crippen LogP contribution in [0.4, 0.5) is 0 Å². The van der Waals surface area contributed by atoms with Gasteiger partial charge < -0.3 is 9.72 Å². The third kappa shape index (κ3) is 2.03. The van der Waals surface area contributed by atoms with Gasteiger partial charge in [-0.25, -0.2) is 9.36 Å². The first-order valence-electron chi connectivity index (χ1n) is 6.51. The van der Waals surface area contributed by atoms with Crippen LogP contribution in [0.25, 0.3) is 16.6 Å². The van der Waals surface area contributed by atoms with Crippen LogP contribution in [0, 0.1) is 6.92 Å². The third-order valence-electron chi connectivity index (χ3n) is 3.46. The first-order chi connectivity index (χ1) is 10.1. The average Bonchev–Trinajstić information content (AvgIpc) is 2.47. The summed E-state index contributed by atoms with van der Waals surface area (Å²) in [5, 5.41) is 0.503. The molecule has 106 valence electrons. The van der Waals surface area contributed by atoms with E-state index in [4.69, 9.17) is 4.74 Å². The fourth-order valence-electron chi connectivity index (χ4n) is 2.46. The molecule has 1 heterocycles. The SMILES string of the molecule is COc1ccccc1-n1c(=O)[nH]c2cccc(C)c2c1=O. The molecule has 2 aromatic carbocycles. The van der Waals surface area contributed by atoms with Gasteiger partial charge in [-0.15, -0.1) is 0 Å². The Bertz CT molecular complexity index is 938. The quantitative estimate of drug-likeness (QED) is 0.782. The van der Waals surface area contributed by atoms with Gasteiger partial charge in [-0.1, -0.05) is 24.3 Å². The van der Waals surface area contributed by atoms with Crippen LogP contribution in [0.5, 0.6) is 5.75 Å². The van der Waals surface area contributed by atoms with E-state index < -0.39 is 5.69 Å². The fourth-order valence-corrected chi connectivity index (χ4v) is 2.46. The number of benzene rings is 2. The highest BCUT2D eigenvalue weighted by Crippen LogP contribution is 2.20. The summed E-state index contributed by atoms with van der Waals surface area (Å²) in [7, 11) is 1.50. The van der Waals surface area contributed by atoms with Crippen molar-refractivity contribution in [1.82, 2.24) is 9.55 Å². The zero-order valence-electron chi connectivity index (χ0n) is 11.7. The molecule has 0 unspecified atom stereocenters. The molecule has 0 amide bonds. The number of aromatic amines is 1. The molecule has 5 nitrogen and oxygen atoms in total. The monoisotopic (exact) mass is 282 g/mol. The van der Waals surface area contributed by atoms with Crippen molar-refractivity contribution in [1.29, 1.82) is 0 Å². The first-order valence-corrected chi connectivity index (χ1v) is 6.51. The van der Waals surface area contributed by atoms with Crippen molar-refractivity contribution in [3.05, 3.63) is 68.9 Å². The Morgan fingerprint density at radius 2 is 1.81 bits per heavy atom. The smallest absolute Gasteiger partial charge is 0.333 e. The molecule has 0 atom stereocenters. The highest BCUT2D eigenvalue weighted by Gasteiger charge is 2.13. The van der Waals surface area contributed by atoms with Crippen LogP contribution in [0.1, 0.15) is 5.56 Å². The van der Waals surface area contributed by atoms with Gasteiger partial charge >= 0.3 is 5.69 Å². The number of H-pyrrole nitrogens is 1. The third-order valence-corrected chi connectivity index (χ3v) is 3.46. The van der Waals surface area contributed by atoms with Crippen LogP contribution in [0.15, 0.2) is 52.1 Å². The number of ether oxygens (including phenoxy) is 1. The lowest BCUT2D eigenvalue weighted by atomic mass is 10.1. The second kappa shape index (κ2) is 4.94. The molecule has 0 bridgehead atoms. The normalized spacial score (nSPS) is 10.8. The minimum Gasteiger partial charge on any atom is -0.495 e. The van der Waals surface area contributed by atoms with Gasteiger partial charge in [0, 0.05) is 0 Å². The van der Waals surface area contributed by atoms with Crippen molar-refractivity contribution in [2.75, 3.05) is 7.11 Å². The van der Waals surface area contributed by atoms with Crippen LogP contribution in [0.2, 0.25) is 0 Å². The highest BCUT2D eigenvalue weighted by atomic mass is 16.5. The van der Waals surface area contributed by atoms with Crippen molar-refractivity contribution >= 4 is 10.9 Å². The topological polar surface area (TPSA) is 64.1 Å². The molecule has 0 aliphatic rings. The van der Waals surface area contributed by atoms with Crippen LogP contribution in [-0.4, -0.2) is 16.7 Å². The summed E-state index contributed by atoms with van der Waals surface area (Å²) in [6.45, 7) is 1.84. The lowest BCUT2D eigenvalue weighted by Gasteiger charge is -2.11. The average molecular weight is 282 g/mol. The van der Waals surface area contributed by atoms with Crippen molar-refractivity contribution in [3.63, 3.8) is 0 Å². The van der Waals surface area contributed by atoms with E-state index in [1.165, 1.54) is 7.11 Å². The van der Waals surface area contributed by atoms with E-state index in [0.717, 1.165) is 10.1 Å². The minimum atomic E-state index is -0.484. The van der Waals surface area contributed by atoms with Gasteiger partial charge in [-0.2, -0.15) is 0 Å². The van der Waals surface area contributed by atoms with Crippen LogP contribution < -0.4 is 16.0 Å². The Kier molecular flexibility index (Phi) is 3.10. The van der Waals surface area contributed by atoms with Gasteiger partial charge in [0.15, 0.2) is 0 Å². The number of fused-ring (bicyclic) bond motifs is 1. The number of hydrogen-bond acceptors (Lipinski definition) is 3. The van der Waals surface area contributed by atoms with E-state index in [1.54, 1.807) is 36.4 Å². The molecule has 0 saturated heterocycles. The summed E-state index contributed by atoms with van der Waals surface area (Å²) < 4.78 is 6.34. The summed E-state index contributed by atoms with van der Waals surface area (Å²) in [6, 6.07) is 12.3. The van der Waals surface area contributed by atoms with Gasteiger partial charge in [-0.3, -0.25) is 4.79 Å². The molecule has 0 radical (unpaired) electrons. The van der Waals surface area contributed by atoms with E-state index in [1.807, 2.05) is 13.0 Å². The molecular formula is C16H14N2O3. The van der Waals surface area contributed by atoms with E-state index in [9.17, 15) is 9.59 Å². The molecule has 5 heteroatoms. The molecule has 0 aliphatic heterocycles. The predicted octanol–water partition coefficient (Wildman–Crippen LogP) is 2.00. The molecule has 1 N–H and O–H groups in total.